The van der Waals surface area contributed by atoms with Crippen molar-refractivity contribution in [1.82, 2.24) is 5.32 Å². The number of benzene rings is 1. The Morgan fingerprint density at radius 1 is 1.37 bits per heavy atom. The minimum absolute atomic E-state index is 0.0436. The number of hydrogen-bond acceptors (Lipinski definition) is 2. The van der Waals surface area contributed by atoms with E-state index in [4.69, 9.17) is 0 Å². The highest BCUT2D eigenvalue weighted by molar-refractivity contribution is 6.07. The highest BCUT2D eigenvalue weighted by Crippen LogP contribution is 2.27. The maximum atomic E-state index is 13.4. The fourth-order valence-electron chi connectivity index (χ4n) is 2.35. The Morgan fingerprint density at radius 2 is 2.05 bits per heavy atom. The van der Waals surface area contributed by atoms with E-state index in [9.17, 15) is 14.0 Å². The van der Waals surface area contributed by atoms with Gasteiger partial charge < -0.3 is 5.32 Å². The van der Waals surface area contributed by atoms with E-state index in [1.807, 2.05) is 13.8 Å². The number of hydrogen-bond donors (Lipinski definition) is 1. The number of nitrogens with one attached hydrogen (secondary N) is 1. The van der Waals surface area contributed by atoms with E-state index in [0.29, 0.717) is 5.69 Å². The highest BCUT2D eigenvalue weighted by atomic mass is 19.1. The van der Waals surface area contributed by atoms with Crippen LogP contribution in [0, 0.1) is 18.7 Å². The third-order valence-electron chi connectivity index (χ3n) is 3.29. The number of piperazine rings is 1. The lowest BCUT2D eigenvalue weighted by Crippen LogP contribution is -2.60. The predicted molar refractivity (Wildman–Crippen MR) is 70.3 cm³/mol. The zero-order valence-corrected chi connectivity index (χ0v) is 11.2. The molecule has 0 saturated carbocycles. The zero-order valence-electron chi connectivity index (χ0n) is 11.2. The van der Waals surface area contributed by atoms with Gasteiger partial charge in [-0.1, -0.05) is 19.9 Å². The van der Waals surface area contributed by atoms with Crippen LogP contribution in [0.2, 0.25) is 0 Å². The van der Waals surface area contributed by atoms with Gasteiger partial charge in [-0.3, -0.25) is 14.5 Å². The summed E-state index contributed by atoms with van der Waals surface area (Å²) in [5.41, 5.74) is 1.24. The topological polar surface area (TPSA) is 49.4 Å². The number of nitrogens with zero attached hydrogens (tertiary/aromatic N) is 1. The van der Waals surface area contributed by atoms with E-state index in [0.717, 1.165) is 5.56 Å². The van der Waals surface area contributed by atoms with Crippen LogP contribution in [0.15, 0.2) is 18.2 Å². The average Bonchev–Trinajstić information content (AvgIpc) is 2.34. The molecule has 0 bridgehead atoms. The van der Waals surface area contributed by atoms with Gasteiger partial charge in [0.15, 0.2) is 0 Å². The van der Waals surface area contributed by atoms with Gasteiger partial charge in [0.1, 0.15) is 11.9 Å². The van der Waals surface area contributed by atoms with Crippen LogP contribution in [-0.2, 0) is 9.59 Å². The molecule has 1 aromatic rings. The first-order valence-electron chi connectivity index (χ1n) is 6.27. The molecule has 2 rings (SSSR count). The van der Waals surface area contributed by atoms with Crippen LogP contribution < -0.4 is 10.2 Å². The largest absolute Gasteiger partial charge is 0.345 e. The molecule has 1 N–H and O–H groups in total. The Kier molecular flexibility index (Phi) is 3.55. The Morgan fingerprint density at radius 3 is 2.68 bits per heavy atom. The minimum Gasteiger partial charge on any atom is -0.345 e. The lowest BCUT2D eigenvalue weighted by atomic mass is 9.97. The molecule has 1 aliphatic rings. The zero-order chi connectivity index (χ0) is 14.2. The molecule has 19 heavy (non-hydrogen) atoms. The van der Waals surface area contributed by atoms with Gasteiger partial charge in [-0.15, -0.1) is 0 Å². The van der Waals surface area contributed by atoms with Crippen LogP contribution in [0.4, 0.5) is 10.1 Å². The van der Waals surface area contributed by atoms with Crippen LogP contribution in [0.5, 0.6) is 0 Å². The molecule has 2 amide bonds. The van der Waals surface area contributed by atoms with Crippen molar-refractivity contribution in [3.05, 3.63) is 29.6 Å². The summed E-state index contributed by atoms with van der Waals surface area (Å²) in [6.07, 6.45) is 0. The second kappa shape index (κ2) is 4.99. The van der Waals surface area contributed by atoms with Gasteiger partial charge in [-0.05, 0) is 30.5 Å². The molecule has 1 heterocycles. The van der Waals surface area contributed by atoms with Crippen molar-refractivity contribution >= 4 is 17.5 Å². The molecule has 1 unspecified atom stereocenters. The van der Waals surface area contributed by atoms with Crippen molar-refractivity contribution in [3.63, 3.8) is 0 Å². The van der Waals surface area contributed by atoms with Crippen molar-refractivity contribution in [2.24, 2.45) is 5.92 Å². The number of aryl methyl sites for hydroxylation is 1. The summed E-state index contributed by atoms with van der Waals surface area (Å²) < 4.78 is 13.4. The van der Waals surface area contributed by atoms with Gasteiger partial charge in [0.2, 0.25) is 11.8 Å². The van der Waals surface area contributed by atoms with Crippen molar-refractivity contribution in [2.75, 3.05) is 11.4 Å². The molecule has 0 aliphatic carbocycles. The molecule has 1 atom stereocenters. The van der Waals surface area contributed by atoms with E-state index >= 15 is 0 Å². The Hall–Kier alpha value is -1.91. The summed E-state index contributed by atoms with van der Waals surface area (Å²) in [7, 11) is 0. The van der Waals surface area contributed by atoms with Crippen molar-refractivity contribution in [3.8, 4) is 0 Å². The first-order chi connectivity index (χ1) is 8.91. The van der Waals surface area contributed by atoms with Crippen LogP contribution in [0.1, 0.15) is 19.4 Å². The molecule has 4 nitrogen and oxygen atoms in total. The maximum absolute atomic E-state index is 13.4. The normalized spacial score (nSPS) is 19.8. The first kappa shape index (κ1) is 13.5. The number of anilines is 1. The summed E-state index contributed by atoms with van der Waals surface area (Å²) in [6, 6.07) is 3.67. The second-order valence-corrected chi connectivity index (χ2v) is 5.10. The van der Waals surface area contributed by atoms with Crippen molar-refractivity contribution in [1.29, 1.82) is 0 Å². The number of carbonyl (C=O) groups excluding carboxylic acids is 2. The number of carbonyl (C=O) groups is 2. The van der Waals surface area contributed by atoms with Gasteiger partial charge in [0.05, 0.1) is 12.2 Å². The van der Waals surface area contributed by atoms with Crippen molar-refractivity contribution in [2.45, 2.75) is 26.8 Å². The molecular formula is C14H17FN2O2. The second-order valence-electron chi connectivity index (χ2n) is 5.10. The van der Waals surface area contributed by atoms with Crippen LogP contribution >= 0.6 is 0 Å². The molecule has 1 aromatic carbocycles. The minimum atomic E-state index is -0.596. The molecule has 1 fully saturated rings. The summed E-state index contributed by atoms with van der Waals surface area (Å²) in [4.78, 5) is 25.5. The van der Waals surface area contributed by atoms with Gasteiger partial charge in [-0.2, -0.15) is 0 Å². The van der Waals surface area contributed by atoms with E-state index in [-0.39, 0.29) is 24.3 Å². The van der Waals surface area contributed by atoms with Gasteiger partial charge in [0, 0.05) is 0 Å². The van der Waals surface area contributed by atoms with Crippen molar-refractivity contribution < 1.29 is 14.0 Å². The van der Waals surface area contributed by atoms with E-state index in [1.165, 1.54) is 17.0 Å². The lowest BCUT2D eigenvalue weighted by molar-refractivity contribution is -0.131. The quantitative estimate of drug-likeness (QED) is 0.882. The SMILES string of the molecule is Cc1ccc(F)cc1N1C(=O)CNC(=O)C1C(C)C. The van der Waals surface area contributed by atoms with Gasteiger partial charge in [-0.25, -0.2) is 4.39 Å². The summed E-state index contributed by atoms with van der Waals surface area (Å²) in [5.74, 6) is -0.876. The molecule has 102 valence electrons. The first-order valence-corrected chi connectivity index (χ1v) is 6.27. The van der Waals surface area contributed by atoms with Gasteiger partial charge >= 0.3 is 0 Å². The van der Waals surface area contributed by atoms with Crippen LogP contribution in [0.25, 0.3) is 0 Å². The number of rotatable bonds is 2. The highest BCUT2D eigenvalue weighted by Gasteiger charge is 2.38. The molecular weight excluding hydrogens is 247 g/mol. The fraction of sp³-hybridized carbons (Fsp3) is 0.429. The molecule has 1 saturated heterocycles. The van der Waals surface area contributed by atoms with Gasteiger partial charge in [0.25, 0.3) is 0 Å². The Labute approximate surface area is 111 Å². The molecule has 0 aromatic heterocycles. The fourth-order valence-corrected chi connectivity index (χ4v) is 2.35. The number of halogens is 1. The Bertz CT molecular complexity index is 528. The Balaban J connectivity index is 2.51. The van der Waals surface area contributed by atoms with Crippen LogP contribution in [0.3, 0.4) is 0 Å². The van der Waals surface area contributed by atoms with E-state index < -0.39 is 11.9 Å². The summed E-state index contributed by atoms with van der Waals surface area (Å²) >= 11 is 0. The third-order valence-corrected chi connectivity index (χ3v) is 3.29. The molecule has 0 spiro atoms. The molecule has 5 heteroatoms. The predicted octanol–water partition coefficient (Wildman–Crippen LogP) is 1.62. The van der Waals surface area contributed by atoms with Crippen LogP contribution in [-0.4, -0.2) is 24.4 Å². The third kappa shape index (κ3) is 2.45. The maximum Gasteiger partial charge on any atom is 0.247 e. The molecule has 0 radical (unpaired) electrons. The molecule has 1 aliphatic heterocycles. The van der Waals surface area contributed by atoms with E-state index in [2.05, 4.69) is 5.32 Å². The summed E-state index contributed by atoms with van der Waals surface area (Å²) in [5, 5.41) is 2.57. The smallest absolute Gasteiger partial charge is 0.247 e. The standard InChI is InChI=1S/C14H17FN2O2/c1-8(2)13-14(19)16-7-12(18)17(13)11-6-10(15)5-4-9(11)3/h4-6,8,13H,7H2,1-3H3,(H,16,19). The average molecular weight is 264 g/mol. The monoisotopic (exact) mass is 264 g/mol. The lowest BCUT2D eigenvalue weighted by Gasteiger charge is -2.37. The number of amides is 2. The van der Waals surface area contributed by atoms with E-state index in [1.54, 1.807) is 13.0 Å². The summed E-state index contributed by atoms with van der Waals surface area (Å²) in [6.45, 7) is 5.49.